The molecule has 0 saturated carbocycles. The molecule has 1 aliphatic heterocycles. The lowest BCUT2D eigenvalue weighted by molar-refractivity contribution is -0.129. The van der Waals surface area contributed by atoms with Gasteiger partial charge in [-0.1, -0.05) is 23.4 Å². The van der Waals surface area contributed by atoms with Crippen LogP contribution in [0, 0.1) is 0 Å². The number of piperazine rings is 1. The molecule has 134 valence electrons. The highest BCUT2D eigenvalue weighted by Gasteiger charge is 2.19. The number of hydrogen-bond acceptors (Lipinski definition) is 6. The number of nitrogens with zero attached hydrogens (tertiary/aromatic N) is 4. The molecule has 3 rings (SSSR count). The summed E-state index contributed by atoms with van der Waals surface area (Å²) in [5, 5.41) is 8.17. The van der Waals surface area contributed by atoms with Gasteiger partial charge in [0.1, 0.15) is 12.4 Å². The van der Waals surface area contributed by atoms with Gasteiger partial charge in [-0.2, -0.15) is 0 Å². The number of aromatic amines is 1. The predicted molar refractivity (Wildman–Crippen MR) is 97.0 cm³/mol. The monoisotopic (exact) mass is 381 g/mol. The van der Waals surface area contributed by atoms with Crippen LogP contribution in [0.2, 0.25) is 5.02 Å². The number of halogens is 1. The van der Waals surface area contributed by atoms with Gasteiger partial charge >= 0.3 is 0 Å². The van der Waals surface area contributed by atoms with Crippen molar-refractivity contribution in [3.8, 4) is 5.75 Å². The molecule has 0 atom stereocenters. The first-order chi connectivity index (χ1) is 12.1. The molecule has 1 N–H and O–H groups in total. The van der Waals surface area contributed by atoms with Crippen molar-refractivity contribution in [3.63, 3.8) is 0 Å². The van der Waals surface area contributed by atoms with Gasteiger partial charge in [0.15, 0.2) is 5.82 Å². The third kappa shape index (κ3) is 5.35. The minimum atomic E-state index is 0.127. The van der Waals surface area contributed by atoms with Crippen molar-refractivity contribution >= 4 is 29.3 Å². The number of aromatic nitrogens is 3. The van der Waals surface area contributed by atoms with Crippen molar-refractivity contribution in [2.24, 2.45) is 0 Å². The quantitative estimate of drug-likeness (QED) is 0.770. The van der Waals surface area contributed by atoms with Crippen LogP contribution in [0.4, 0.5) is 0 Å². The van der Waals surface area contributed by atoms with Crippen LogP contribution < -0.4 is 4.74 Å². The van der Waals surface area contributed by atoms with Crippen LogP contribution in [0.5, 0.6) is 5.75 Å². The van der Waals surface area contributed by atoms with Gasteiger partial charge in [0, 0.05) is 31.2 Å². The minimum Gasteiger partial charge on any atom is -0.486 e. The van der Waals surface area contributed by atoms with Crippen LogP contribution in [0.25, 0.3) is 0 Å². The van der Waals surface area contributed by atoms with Crippen molar-refractivity contribution < 1.29 is 9.53 Å². The smallest absolute Gasteiger partial charge is 0.233 e. The van der Waals surface area contributed by atoms with Gasteiger partial charge < -0.3 is 14.5 Å². The molecule has 1 amide bonds. The van der Waals surface area contributed by atoms with Crippen LogP contribution in [-0.2, 0) is 11.4 Å². The fourth-order valence-electron chi connectivity index (χ4n) is 2.36. The zero-order valence-electron chi connectivity index (χ0n) is 13.9. The summed E-state index contributed by atoms with van der Waals surface area (Å²) >= 11 is 7.17. The number of benzene rings is 1. The summed E-state index contributed by atoms with van der Waals surface area (Å²) in [5.74, 6) is 1.80. The van der Waals surface area contributed by atoms with Crippen LogP contribution in [0.15, 0.2) is 29.4 Å². The van der Waals surface area contributed by atoms with Gasteiger partial charge in [0.25, 0.3) is 0 Å². The second-order valence-electron chi connectivity index (χ2n) is 5.78. The van der Waals surface area contributed by atoms with Crippen molar-refractivity contribution in [1.82, 2.24) is 25.0 Å². The zero-order chi connectivity index (χ0) is 17.6. The summed E-state index contributed by atoms with van der Waals surface area (Å²) in [4.78, 5) is 20.7. The highest BCUT2D eigenvalue weighted by atomic mass is 35.5. The maximum Gasteiger partial charge on any atom is 0.233 e. The molecule has 2 heterocycles. The Hall–Kier alpha value is -1.77. The first-order valence-corrected chi connectivity index (χ1v) is 9.35. The lowest BCUT2D eigenvalue weighted by Gasteiger charge is -2.32. The van der Waals surface area contributed by atoms with E-state index < -0.39 is 0 Å². The number of thioether (sulfide) groups is 1. The van der Waals surface area contributed by atoms with Crippen LogP contribution in [0.1, 0.15) is 5.82 Å². The maximum absolute atomic E-state index is 12.2. The minimum absolute atomic E-state index is 0.127. The molecule has 0 spiro atoms. The number of carbonyl (C=O) groups is 1. The third-order valence-electron chi connectivity index (χ3n) is 3.88. The molecule has 0 unspecified atom stereocenters. The fraction of sp³-hybridized carbons (Fsp3) is 0.438. The molecular weight excluding hydrogens is 362 g/mol. The Labute approximate surface area is 155 Å². The van der Waals surface area contributed by atoms with Crippen molar-refractivity contribution in [3.05, 3.63) is 35.1 Å². The number of H-pyrrole nitrogens is 1. The molecule has 0 bridgehead atoms. The SMILES string of the molecule is CN1CCN(C(=O)CSc2n[nH]c(COc3ccc(Cl)cc3)n2)CC1. The summed E-state index contributed by atoms with van der Waals surface area (Å²) in [6.07, 6.45) is 0. The first kappa shape index (κ1) is 18.0. The number of ether oxygens (including phenoxy) is 1. The van der Waals surface area contributed by atoms with Gasteiger partial charge in [0.2, 0.25) is 11.1 Å². The summed E-state index contributed by atoms with van der Waals surface area (Å²) in [6, 6.07) is 7.12. The Morgan fingerprint density at radius 3 is 2.72 bits per heavy atom. The fourth-order valence-corrected chi connectivity index (χ4v) is 3.21. The van der Waals surface area contributed by atoms with Gasteiger partial charge in [-0.25, -0.2) is 4.98 Å². The van der Waals surface area contributed by atoms with E-state index in [-0.39, 0.29) is 12.5 Å². The molecule has 2 aromatic rings. The summed E-state index contributed by atoms with van der Waals surface area (Å²) < 4.78 is 5.61. The van der Waals surface area contributed by atoms with E-state index >= 15 is 0 Å². The molecule has 0 aliphatic carbocycles. The normalized spacial score (nSPS) is 15.4. The lowest BCUT2D eigenvalue weighted by Crippen LogP contribution is -2.47. The van der Waals surface area contributed by atoms with E-state index in [2.05, 4.69) is 27.1 Å². The molecule has 0 radical (unpaired) electrons. The first-order valence-electron chi connectivity index (χ1n) is 7.99. The van der Waals surface area contributed by atoms with E-state index in [4.69, 9.17) is 16.3 Å². The van der Waals surface area contributed by atoms with E-state index in [9.17, 15) is 4.79 Å². The maximum atomic E-state index is 12.2. The van der Waals surface area contributed by atoms with E-state index in [1.807, 2.05) is 4.90 Å². The van der Waals surface area contributed by atoms with Gasteiger partial charge in [-0.15, -0.1) is 5.10 Å². The number of likely N-dealkylation sites (N-methyl/N-ethyl adjacent to an activating group) is 1. The molecule has 1 aromatic heterocycles. The molecule has 7 nitrogen and oxygen atoms in total. The second kappa shape index (κ2) is 8.55. The van der Waals surface area contributed by atoms with Gasteiger partial charge in [-0.3, -0.25) is 9.89 Å². The standard InChI is InChI=1S/C16H20ClN5O2S/c1-21-6-8-22(9-7-21)15(23)11-25-16-18-14(19-20-16)10-24-13-4-2-12(17)3-5-13/h2-5H,6-11H2,1H3,(H,18,19,20). The molecule has 1 saturated heterocycles. The van der Waals surface area contributed by atoms with Gasteiger partial charge in [0.05, 0.1) is 5.75 Å². The highest BCUT2D eigenvalue weighted by Crippen LogP contribution is 2.17. The second-order valence-corrected chi connectivity index (χ2v) is 7.16. The highest BCUT2D eigenvalue weighted by molar-refractivity contribution is 7.99. The third-order valence-corrected chi connectivity index (χ3v) is 4.97. The number of hydrogen-bond donors (Lipinski definition) is 1. The van der Waals surface area contributed by atoms with E-state index in [0.29, 0.717) is 27.5 Å². The Morgan fingerprint density at radius 1 is 1.28 bits per heavy atom. The molecular formula is C16H20ClN5O2S. The molecule has 1 aromatic carbocycles. The number of rotatable bonds is 6. The largest absolute Gasteiger partial charge is 0.486 e. The van der Waals surface area contributed by atoms with Crippen molar-refractivity contribution in [1.29, 1.82) is 0 Å². The van der Waals surface area contributed by atoms with E-state index in [1.54, 1.807) is 24.3 Å². The summed E-state index contributed by atoms with van der Waals surface area (Å²) in [7, 11) is 2.07. The van der Waals surface area contributed by atoms with Crippen molar-refractivity contribution in [2.45, 2.75) is 11.8 Å². The molecule has 25 heavy (non-hydrogen) atoms. The Balaban J connectivity index is 1.43. The lowest BCUT2D eigenvalue weighted by atomic mass is 10.3. The van der Waals surface area contributed by atoms with E-state index in [0.717, 1.165) is 26.2 Å². The summed E-state index contributed by atoms with van der Waals surface area (Å²) in [6.45, 7) is 3.68. The van der Waals surface area contributed by atoms with Crippen molar-refractivity contribution in [2.75, 3.05) is 39.0 Å². The Kier molecular flexibility index (Phi) is 6.17. The molecule has 9 heteroatoms. The van der Waals surface area contributed by atoms with Crippen LogP contribution in [-0.4, -0.2) is 69.9 Å². The topological polar surface area (TPSA) is 74.3 Å². The van der Waals surface area contributed by atoms with Crippen LogP contribution >= 0.6 is 23.4 Å². The predicted octanol–water partition coefficient (Wildman–Crippen LogP) is 1.90. The molecule has 1 fully saturated rings. The average molecular weight is 382 g/mol. The number of nitrogens with one attached hydrogen (secondary N) is 1. The Bertz CT molecular complexity index is 701. The molecule has 1 aliphatic rings. The van der Waals surface area contributed by atoms with Gasteiger partial charge in [-0.05, 0) is 31.3 Å². The summed E-state index contributed by atoms with van der Waals surface area (Å²) in [5.41, 5.74) is 0. The Morgan fingerprint density at radius 2 is 2.00 bits per heavy atom. The average Bonchev–Trinajstić information content (AvgIpc) is 3.08. The zero-order valence-corrected chi connectivity index (χ0v) is 15.5. The van der Waals surface area contributed by atoms with Crippen LogP contribution in [0.3, 0.4) is 0 Å². The number of carbonyl (C=O) groups excluding carboxylic acids is 1. The van der Waals surface area contributed by atoms with E-state index in [1.165, 1.54) is 11.8 Å². The number of amides is 1.